The predicted molar refractivity (Wildman–Crippen MR) is 127 cm³/mol. The quantitative estimate of drug-likeness (QED) is 0.502. The molecule has 1 fully saturated rings. The van der Waals surface area contributed by atoms with Gasteiger partial charge in [0.25, 0.3) is 0 Å². The van der Waals surface area contributed by atoms with Crippen molar-refractivity contribution in [1.82, 2.24) is 5.32 Å². The van der Waals surface area contributed by atoms with Gasteiger partial charge in [0.1, 0.15) is 11.6 Å². The first-order valence-electron chi connectivity index (χ1n) is 11.7. The Kier molecular flexibility index (Phi) is 6.32. The van der Waals surface area contributed by atoms with E-state index in [1.165, 1.54) is 18.2 Å². The molecule has 0 aromatic heterocycles. The highest BCUT2D eigenvalue weighted by Gasteiger charge is 2.43. The summed E-state index contributed by atoms with van der Waals surface area (Å²) in [6, 6.07) is 15.7. The molecule has 0 bridgehead atoms. The van der Waals surface area contributed by atoms with Gasteiger partial charge in [-0.25, -0.2) is 8.78 Å². The number of fused-ring (bicyclic) bond motifs is 3. The number of amides is 1. The van der Waals surface area contributed by atoms with Crippen LogP contribution in [0.5, 0.6) is 0 Å². The van der Waals surface area contributed by atoms with Crippen molar-refractivity contribution in [2.45, 2.75) is 25.2 Å². The number of rotatable bonds is 4. The van der Waals surface area contributed by atoms with Gasteiger partial charge in [-0.05, 0) is 48.4 Å². The summed E-state index contributed by atoms with van der Waals surface area (Å²) in [4.78, 5) is 17.2. The van der Waals surface area contributed by atoms with Crippen LogP contribution in [0.15, 0.2) is 66.7 Å². The van der Waals surface area contributed by atoms with Gasteiger partial charge in [0.2, 0.25) is 5.91 Å². The number of hydrogen-bond donors (Lipinski definition) is 1. The molecule has 2 atom stereocenters. The van der Waals surface area contributed by atoms with Gasteiger partial charge in [-0.2, -0.15) is 13.2 Å². The van der Waals surface area contributed by atoms with E-state index < -0.39 is 29.5 Å². The molecule has 1 N–H and O–H groups in total. The van der Waals surface area contributed by atoms with Crippen LogP contribution in [0.25, 0.3) is 0 Å². The zero-order valence-electron chi connectivity index (χ0n) is 19.2. The smallest absolute Gasteiger partial charge is 0.365 e. The van der Waals surface area contributed by atoms with Gasteiger partial charge >= 0.3 is 6.18 Å². The number of anilines is 2. The van der Waals surface area contributed by atoms with Crippen molar-refractivity contribution in [3.63, 3.8) is 0 Å². The van der Waals surface area contributed by atoms with Crippen LogP contribution in [0, 0.1) is 17.6 Å². The lowest BCUT2D eigenvalue weighted by Crippen LogP contribution is -2.61. The second kappa shape index (κ2) is 9.44. The van der Waals surface area contributed by atoms with Crippen molar-refractivity contribution in [1.29, 1.82) is 0 Å². The van der Waals surface area contributed by atoms with Crippen molar-refractivity contribution in [3.05, 3.63) is 95.1 Å². The lowest BCUT2D eigenvalue weighted by Gasteiger charge is -2.49. The number of hydrogen-bond acceptors (Lipinski definition) is 3. The molecule has 0 spiro atoms. The molecular weight excluding hydrogens is 477 g/mol. The van der Waals surface area contributed by atoms with Crippen LogP contribution in [0.3, 0.4) is 0 Å². The van der Waals surface area contributed by atoms with Crippen LogP contribution in [0.4, 0.5) is 33.3 Å². The topological polar surface area (TPSA) is 35.6 Å². The first-order chi connectivity index (χ1) is 17.2. The molecule has 0 unspecified atom stereocenters. The summed E-state index contributed by atoms with van der Waals surface area (Å²) in [6.07, 6.45) is -4.41. The van der Waals surface area contributed by atoms with E-state index in [2.05, 4.69) is 5.32 Å². The second-order valence-electron chi connectivity index (χ2n) is 9.12. The first kappa shape index (κ1) is 24.1. The number of carbonyl (C=O) groups is 1. The Bertz CT molecular complexity index is 1280. The molecule has 2 aliphatic heterocycles. The fourth-order valence-electron chi connectivity index (χ4n) is 5.18. The second-order valence-corrected chi connectivity index (χ2v) is 9.12. The lowest BCUT2D eigenvalue weighted by atomic mass is 9.82. The van der Waals surface area contributed by atoms with Gasteiger partial charge in [-0.1, -0.05) is 30.3 Å². The van der Waals surface area contributed by atoms with E-state index in [9.17, 15) is 26.7 Å². The van der Waals surface area contributed by atoms with E-state index in [-0.39, 0.29) is 24.7 Å². The van der Waals surface area contributed by atoms with E-state index in [1.54, 1.807) is 36.4 Å². The Balaban J connectivity index is 1.46. The number of para-hydroxylation sites is 1. The van der Waals surface area contributed by atoms with Crippen LogP contribution < -0.4 is 15.1 Å². The van der Waals surface area contributed by atoms with Crippen LogP contribution in [-0.2, 0) is 23.9 Å². The van der Waals surface area contributed by atoms with Crippen molar-refractivity contribution in [2.24, 2.45) is 5.92 Å². The summed E-state index contributed by atoms with van der Waals surface area (Å²) in [5, 5.41) is 2.76. The standard InChI is InChI=1S/C27H24F5N3O/c28-21-6-2-1-5-17(21)15-33-26(36)20-14-18-13-19(27(30,31)32)9-10-23(18)35-12-11-34(16-25(20)35)24-8-4-3-7-22(24)29/h1-10,13,20,25H,11-12,14-16H2,(H,33,36)/t20-,25-/m0/s1. The number of carbonyl (C=O) groups excluding carboxylic acids is 1. The number of benzene rings is 3. The molecule has 0 radical (unpaired) electrons. The maximum atomic E-state index is 14.5. The summed E-state index contributed by atoms with van der Waals surface area (Å²) in [5.74, 6) is -1.92. The Morgan fingerprint density at radius 2 is 1.64 bits per heavy atom. The van der Waals surface area contributed by atoms with Crippen molar-refractivity contribution >= 4 is 17.3 Å². The Labute approximate surface area is 205 Å². The van der Waals surface area contributed by atoms with Gasteiger partial charge in [0, 0.05) is 37.4 Å². The largest absolute Gasteiger partial charge is 0.416 e. The van der Waals surface area contributed by atoms with E-state index in [1.807, 2.05) is 9.80 Å². The van der Waals surface area contributed by atoms with Crippen molar-refractivity contribution in [2.75, 3.05) is 29.4 Å². The SMILES string of the molecule is O=C(NCc1ccccc1F)[C@H]1Cc2cc(C(F)(F)F)ccc2N2CCN(c3ccccc3F)C[C@@H]12. The Hall–Kier alpha value is -3.62. The predicted octanol–water partition coefficient (Wildman–Crippen LogP) is 5.17. The fourth-order valence-corrected chi connectivity index (χ4v) is 5.18. The zero-order chi connectivity index (χ0) is 25.4. The van der Waals surface area contributed by atoms with E-state index in [4.69, 9.17) is 0 Å². The van der Waals surface area contributed by atoms with Gasteiger partial charge in [0.05, 0.1) is 23.2 Å². The molecule has 9 heteroatoms. The van der Waals surface area contributed by atoms with Crippen LogP contribution in [0.2, 0.25) is 0 Å². The summed E-state index contributed by atoms with van der Waals surface area (Å²) in [6.45, 7) is 1.14. The molecule has 188 valence electrons. The molecule has 1 saturated heterocycles. The number of alkyl halides is 3. The third-order valence-electron chi connectivity index (χ3n) is 6.98. The number of piperazine rings is 1. The summed E-state index contributed by atoms with van der Waals surface area (Å²) >= 11 is 0. The molecule has 4 nitrogen and oxygen atoms in total. The fraction of sp³-hybridized carbons (Fsp3) is 0.296. The highest BCUT2D eigenvalue weighted by molar-refractivity contribution is 5.82. The van der Waals surface area contributed by atoms with Crippen LogP contribution in [-0.4, -0.2) is 31.6 Å². The Morgan fingerprint density at radius 1 is 0.917 bits per heavy atom. The van der Waals surface area contributed by atoms with Gasteiger partial charge in [-0.15, -0.1) is 0 Å². The van der Waals surface area contributed by atoms with Crippen molar-refractivity contribution < 1.29 is 26.7 Å². The van der Waals surface area contributed by atoms with Gasteiger partial charge in [0.15, 0.2) is 0 Å². The van der Waals surface area contributed by atoms with Crippen LogP contribution in [0.1, 0.15) is 16.7 Å². The summed E-state index contributed by atoms with van der Waals surface area (Å²) in [5.41, 5.74) is 1.05. The molecule has 1 amide bonds. The zero-order valence-corrected chi connectivity index (χ0v) is 19.2. The molecule has 36 heavy (non-hydrogen) atoms. The van der Waals surface area contributed by atoms with Crippen molar-refractivity contribution in [3.8, 4) is 0 Å². The number of nitrogens with one attached hydrogen (secondary N) is 1. The minimum Gasteiger partial charge on any atom is -0.365 e. The minimum absolute atomic E-state index is 0.0405. The average molecular weight is 501 g/mol. The highest BCUT2D eigenvalue weighted by atomic mass is 19.4. The average Bonchev–Trinajstić information content (AvgIpc) is 2.86. The highest BCUT2D eigenvalue weighted by Crippen LogP contribution is 2.40. The molecule has 3 aromatic rings. The third-order valence-corrected chi connectivity index (χ3v) is 6.98. The Morgan fingerprint density at radius 3 is 2.36 bits per heavy atom. The number of halogens is 5. The summed E-state index contributed by atoms with van der Waals surface area (Å²) < 4.78 is 68.8. The molecule has 0 aliphatic carbocycles. The minimum atomic E-state index is -4.50. The summed E-state index contributed by atoms with van der Waals surface area (Å²) in [7, 11) is 0. The number of nitrogens with zero attached hydrogens (tertiary/aromatic N) is 2. The van der Waals surface area contributed by atoms with Gasteiger partial charge in [-0.3, -0.25) is 4.79 Å². The van der Waals surface area contributed by atoms with Crippen LogP contribution >= 0.6 is 0 Å². The molecule has 2 aliphatic rings. The maximum Gasteiger partial charge on any atom is 0.416 e. The lowest BCUT2D eigenvalue weighted by molar-refractivity contribution is -0.137. The first-order valence-corrected chi connectivity index (χ1v) is 11.7. The molecular formula is C27H24F5N3O. The molecule has 2 heterocycles. The van der Waals surface area contributed by atoms with E-state index in [0.29, 0.717) is 42.1 Å². The monoisotopic (exact) mass is 501 g/mol. The normalized spacial score (nSPS) is 19.5. The van der Waals surface area contributed by atoms with Gasteiger partial charge < -0.3 is 15.1 Å². The molecule has 5 rings (SSSR count). The van der Waals surface area contributed by atoms with E-state index >= 15 is 0 Å². The third kappa shape index (κ3) is 4.62. The molecule has 3 aromatic carbocycles. The maximum absolute atomic E-state index is 14.5. The van der Waals surface area contributed by atoms with E-state index in [0.717, 1.165) is 12.1 Å². The molecule has 0 saturated carbocycles.